The topological polar surface area (TPSA) is 140 Å². The van der Waals surface area contributed by atoms with Crippen LogP contribution >= 0.6 is 0 Å². The van der Waals surface area contributed by atoms with Crippen LogP contribution in [0, 0.1) is 56.7 Å². The summed E-state index contributed by atoms with van der Waals surface area (Å²) in [5, 5.41) is 64.7. The smallest absolute Gasteiger partial charge is 0.186 e. The fraction of sp³-hybridized carbons (Fsp3) is 1.00. The van der Waals surface area contributed by atoms with E-state index in [4.69, 9.17) is 9.47 Å². The van der Waals surface area contributed by atoms with Crippen LogP contribution in [0.15, 0.2) is 0 Å². The average molecular weight is 651 g/mol. The van der Waals surface area contributed by atoms with Gasteiger partial charge in [-0.25, -0.2) is 0 Å². The molecule has 0 spiro atoms. The fourth-order valence-electron chi connectivity index (χ4n) is 13.5. The van der Waals surface area contributed by atoms with Gasteiger partial charge in [0.05, 0.1) is 23.9 Å². The van der Waals surface area contributed by atoms with Gasteiger partial charge in [-0.1, -0.05) is 48.5 Å². The molecule has 0 amide bonds. The second-order valence-electron chi connectivity index (χ2n) is 18.9. The van der Waals surface area contributed by atoms with Gasteiger partial charge in [0.2, 0.25) is 0 Å². The van der Waals surface area contributed by atoms with Crippen molar-refractivity contribution in [3.63, 3.8) is 0 Å². The first-order valence-corrected chi connectivity index (χ1v) is 18.7. The minimum Gasteiger partial charge on any atom is -0.390 e. The third-order valence-electron chi connectivity index (χ3n) is 16.4. The number of hydrogen-bond donors (Lipinski definition) is 6. The summed E-state index contributed by atoms with van der Waals surface area (Å²) < 4.78 is 13.3. The van der Waals surface area contributed by atoms with E-state index in [2.05, 4.69) is 41.5 Å². The molecule has 17 atom stereocenters. The Hall–Kier alpha value is -0.320. The number of aliphatic hydroxyl groups is 6. The molecule has 0 aromatic heterocycles. The molecule has 8 nitrogen and oxygen atoms in total. The number of ether oxygens (including phenoxy) is 2. The lowest BCUT2D eigenvalue weighted by atomic mass is 9.36. The van der Waals surface area contributed by atoms with Crippen molar-refractivity contribution in [1.29, 1.82) is 0 Å². The van der Waals surface area contributed by atoms with Gasteiger partial charge in [-0.05, 0) is 129 Å². The SMILES string of the molecule is CCC1OC(OC2CC3C(C)(C)C(C)CCC3(C)C3CCC45CC4(CCC5C(C)CC(O)C(O)C(C)(C)O)C23C)C(O)C(O)C1O. The number of rotatable bonds is 8. The maximum atomic E-state index is 11.2. The van der Waals surface area contributed by atoms with E-state index in [1.807, 2.05) is 6.92 Å². The summed E-state index contributed by atoms with van der Waals surface area (Å²) in [6, 6.07) is 0. The lowest BCUT2D eigenvalue weighted by Gasteiger charge is -2.69. The second kappa shape index (κ2) is 11.3. The molecule has 266 valence electrons. The molecule has 0 aromatic carbocycles. The average Bonchev–Trinajstić information content (AvgIpc) is 3.55. The summed E-state index contributed by atoms with van der Waals surface area (Å²) in [6.45, 7) is 19.6. The van der Waals surface area contributed by atoms with Crippen LogP contribution < -0.4 is 0 Å². The van der Waals surface area contributed by atoms with Crippen molar-refractivity contribution in [2.24, 2.45) is 56.7 Å². The minimum atomic E-state index is -1.36. The predicted octanol–water partition coefficient (Wildman–Crippen LogP) is 4.79. The molecule has 5 aliphatic carbocycles. The van der Waals surface area contributed by atoms with Gasteiger partial charge in [0.25, 0.3) is 0 Å². The minimum absolute atomic E-state index is 0.0788. The summed E-state index contributed by atoms with van der Waals surface area (Å²) in [4.78, 5) is 0. The molecule has 0 radical (unpaired) electrons. The molecule has 6 aliphatic rings. The molecule has 0 aromatic rings. The van der Waals surface area contributed by atoms with Crippen molar-refractivity contribution in [3.8, 4) is 0 Å². The highest BCUT2D eigenvalue weighted by atomic mass is 16.7. The van der Waals surface area contributed by atoms with Crippen molar-refractivity contribution in [2.75, 3.05) is 0 Å². The Kier molecular flexibility index (Phi) is 8.76. The molecule has 1 saturated heterocycles. The molecule has 0 bridgehead atoms. The molecule has 17 unspecified atom stereocenters. The Balaban J connectivity index is 1.35. The predicted molar refractivity (Wildman–Crippen MR) is 175 cm³/mol. The van der Waals surface area contributed by atoms with Crippen molar-refractivity contribution in [3.05, 3.63) is 0 Å². The molecule has 6 N–H and O–H groups in total. The number of aliphatic hydroxyl groups excluding tert-OH is 5. The zero-order chi connectivity index (χ0) is 34.0. The number of hydrogen-bond acceptors (Lipinski definition) is 8. The Morgan fingerprint density at radius 2 is 1.59 bits per heavy atom. The molecular formula is C38H66O8. The molecule has 6 rings (SSSR count). The van der Waals surface area contributed by atoms with Crippen molar-refractivity contribution < 1.29 is 40.1 Å². The zero-order valence-electron chi connectivity index (χ0n) is 30.1. The van der Waals surface area contributed by atoms with Crippen LogP contribution in [-0.4, -0.2) is 85.3 Å². The summed E-state index contributed by atoms with van der Waals surface area (Å²) in [5.74, 6) is 2.10. The highest BCUT2D eigenvalue weighted by Gasteiger charge is 2.85. The summed E-state index contributed by atoms with van der Waals surface area (Å²) in [5.41, 5.74) is -1.01. The second-order valence-corrected chi connectivity index (χ2v) is 18.9. The van der Waals surface area contributed by atoms with Crippen LogP contribution in [0.1, 0.15) is 127 Å². The highest BCUT2D eigenvalue weighted by Crippen LogP contribution is 2.91. The Bertz CT molecular complexity index is 1140. The zero-order valence-corrected chi connectivity index (χ0v) is 30.1. The maximum Gasteiger partial charge on any atom is 0.186 e. The van der Waals surface area contributed by atoms with Gasteiger partial charge in [0.15, 0.2) is 6.29 Å². The molecule has 46 heavy (non-hydrogen) atoms. The van der Waals surface area contributed by atoms with Gasteiger partial charge in [0.1, 0.15) is 24.4 Å². The lowest BCUT2D eigenvalue weighted by Crippen LogP contribution is -2.67. The molecule has 5 saturated carbocycles. The van der Waals surface area contributed by atoms with Crippen molar-refractivity contribution in [1.82, 2.24) is 0 Å². The largest absolute Gasteiger partial charge is 0.390 e. The van der Waals surface area contributed by atoms with Crippen LogP contribution in [0.25, 0.3) is 0 Å². The van der Waals surface area contributed by atoms with E-state index >= 15 is 0 Å². The van der Waals surface area contributed by atoms with Gasteiger partial charge in [-0.3, -0.25) is 0 Å². The Labute approximate surface area is 277 Å². The van der Waals surface area contributed by atoms with Gasteiger partial charge in [0, 0.05) is 5.41 Å². The molecule has 1 aliphatic heterocycles. The van der Waals surface area contributed by atoms with Crippen molar-refractivity contribution >= 4 is 0 Å². The first-order chi connectivity index (χ1) is 21.2. The van der Waals surface area contributed by atoms with E-state index < -0.39 is 48.5 Å². The van der Waals surface area contributed by atoms with Crippen molar-refractivity contribution in [2.45, 2.75) is 181 Å². The highest BCUT2D eigenvalue weighted by molar-refractivity contribution is 5.33. The molecule has 1 heterocycles. The van der Waals surface area contributed by atoms with Crippen LogP contribution in [0.2, 0.25) is 0 Å². The quantitative estimate of drug-likeness (QED) is 0.206. The van der Waals surface area contributed by atoms with E-state index in [0.717, 1.165) is 32.1 Å². The van der Waals surface area contributed by atoms with Gasteiger partial charge in [-0.15, -0.1) is 0 Å². The van der Waals surface area contributed by atoms with E-state index in [-0.39, 0.29) is 39.1 Å². The first-order valence-electron chi connectivity index (χ1n) is 18.7. The van der Waals surface area contributed by atoms with E-state index in [1.165, 1.54) is 19.3 Å². The summed E-state index contributed by atoms with van der Waals surface area (Å²) in [7, 11) is 0. The monoisotopic (exact) mass is 650 g/mol. The van der Waals surface area contributed by atoms with Gasteiger partial charge < -0.3 is 40.1 Å². The molecule has 8 heteroatoms. The number of fused-ring (bicyclic) bond motifs is 3. The third-order valence-corrected chi connectivity index (χ3v) is 16.4. The summed E-state index contributed by atoms with van der Waals surface area (Å²) >= 11 is 0. The van der Waals surface area contributed by atoms with Crippen LogP contribution in [0.5, 0.6) is 0 Å². The van der Waals surface area contributed by atoms with E-state index in [0.29, 0.717) is 36.5 Å². The molecule has 6 fully saturated rings. The third kappa shape index (κ3) is 4.73. The van der Waals surface area contributed by atoms with Gasteiger partial charge >= 0.3 is 0 Å². The summed E-state index contributed by atoms with van der Waals surface area (Å²) in [6.07, 6.45) is 2.18. The molecular weight excluding hydrogens is 584 g/mol. The van der Waals surface area contributed by atoms with Crippen LogP contribution in [-0.2, 0) is 9.47 Å². The van der Waals surface area contributed by atoms with E-state index in [1.54, 1.807) is 13.8 Å². The Morgan fingerprint density at radius 1 is 0.913 bits per heavy atom. The van der Waals surface area contributed by atoms with Crippen LogP contribution in [0.4, 0.5) is 0 Å². The van der Waals surface area contributed by atoms with E-state index in [9.17, 15) is 30.6 Å². The maximum absolute atomic E-state index is 11.2. The lowest BCUT2D eigenvalue weighted by molar-refractivity contribution is -0.341. The standard InChI is InChI=1S/C38H66O8/c1-10-24-28(40)29(41)30(42)32(45-24)46-27-18-26-33(4,5)21(3)11-14-35(26,8)25-13-15-37-19-38(37,36(25,27)9)16-12-22(37)20(2)17-23(39)31(43)34(6,7)44/h20-32,39-44H,10-19H2,1-9H3. The normalized spacial score (nSPS) is 53.3. The fourth-order valence-corrected chi connectivity index (χ4v) is 13.5. The first kappa shape index (κ1) is 35.5. The van der Waals surface area contributed by atoms with Gasteiger partial charge in [-0.2, -0.15) is 0 Å². The Morgan fingerprint density at radius 3 is 2.22 bits per heavy atom. The van der Waals surface area contributed by atoms with Crippen LogP contribution in [0.3, 0.4) is 0 Å².